The summed E-state index contributed by atoms with van der Waals surface area (Å²) in [7, 11) is 0. The number of halogens is 1. The molecule has 0 saturated carbocycles. The highest BCUT2D eigenvalue weighted by Gasteiger charge is 2.34. The number of benzene rings is 1. The van der Waals surface area contributed by atoms with E-state index in [1.807, 2.05) is 13.8 Å². The van der Waals surface area contributed by atoms with E-state index in [-0.39, 0.29) is 35.9 Å². The van der Waals surface area contributed by atoms with Gasteiger partial charge in [-0.1, -0.05) is 26.0 Å². The molecule has 1 unspecified atom stereocenters. The lowest BCUT2D eigenvalue weighted by atomic mass is 10.1. The molecule has 2 N–H and O–H groups in total. The van der Waals surface area contributed by atoms with Crippen molar-refractivity contribution in [1.82, 2.24) is 20.1 Å². The minimum Gasteiger partial charge on any atom is -0.342 e. The molecule has 0 radical (unpaired) electrons. The standard InChI is InChI=1S/C18H22FN5O2/c1-11(2)9-24-10-13(8-16(24)25)17(26)21-18-20-15(22-23-18)7-12-3-5-14(19)6-4-12/h3-6,11,13H,7-10H2,1-2H3,(H2,20,21,22,23,26). The number of rotatable bonds is 6. The zero-order chi connectivity index (χ0) is 18.7. The molecule has 138 valence electrons. The summed E-state index contributed by atoms with van der Waals surface area (Å²) in [6, 6.07) is 6.11. The number of nitrogens with one attached hydrogen (secondary N) is 2. The van der Waals surface area contributed by atoms with E-state index in [9.17, 15) is 14.0 Å². The normalized spacial score (nSPS) is 17.2. The van der Waals surface area contributed by atoms with E-state index in [2.05, 4.69) is 20.5 Å². The highest BCUT2D eigenvalue weighted by Crippen LogP contribution is 2.20. The van der Waals surface area contributed by atoms with Gasteiger partial charge in [0.1, 0.15) is 11.6 Å². The van der Waals surface area contributed by atoms with Crippen molar-refractivity contribution in [3.8, 4) is 0 Å². The molecule has 1 aliphatic heterocycles. The van der Waals surface area contributed by atoms with Gasteiger partial charge in [-0.3, -0.25) is 20.0 Å². The molecule has 26 heavy (non-hydrogen) atoms. The molecule has 1 atom stereocenters. The Kier molecular flexibility index (Phi) is 5.29. The van der Waals surface area contributed by atoms with Gasteiger partial charge < -0.3 is 4.90 Å². The lowest BCUT2D eigenvalue weighted by Crippen LogP contribution is -2.31. The van der Waals surface area contributed by atoms with Gasteiger partial charge in [-0.15, -0.1) is 5.10 Å². The van der Waals surface area contributed by atoms with E-state index in [0.717, 1.165) is 5.56 Å². The molecule has 0 aliphatic carbocycles. The molecular formula is C18H22FN5O2. The molecule has 1 fully saturated rings. The first-order valence-corrected chi connectivity index (χ1v) is 8.65. The minimum atomic E-state index is -0.389. The quantitative estimate of drug-likeness (QED) is 0.825. The number of anilines is 1. The van der Waals surface area contributed by atoms with E-state index in [1.165, 1.54) is 12.1 Å². The first-order chi connectivity index (χ1) is 12.4. The van der Waals surface area contributed by atoms with Gasteiger partial charge in [0.05, 0.1) is 5.92 Å². The van der Waals surface area contributed by atoms with Crippen LogP contribution in [0.2, 0.25) is 0 Å². The summed E-state index contributed by atoms with van der Waals surface area (Å²) >= 11 is 0. The summed E-state index contributed by atoms with van der Waals surface area (Å²) in [5.74, 6) is 0.181. The van der Waals surface area contributed by atoms with Crippen LogP contribution in [0.15, 0.2) is 24.3 Å². The Balaban J connectivity index is 1.56. The van der Waals surface area contributed by atoms with Crippen LogP contribution < -0.4 is 5.32 Å². The molecule has 1 aliphatic rings. The lowest BCUT2D eigenvalue weighted by molar-refractivity contribution is -0.128. The van der Waals surface area contributed by atoms with Gasteiger partial charge in [0, 0.05) is 25.9 Å². The van der Waals surface area contributed by atoms with Gasteiger partial charge >= 0.3 is 0 Å². The molecule has 1 saturated heterocycles. The number of hydrogen-bond donors (Lipinski definition) is 2. The minimum absolute atomic E-state index is 0.00540. The average molecular weight is 359 g/mol. The number of carbonyl (C=O) groups excluding carboxylic acids is 2. The number of aromatic amines is 1. The predicted molar refractivity (Wildman–Crippen MR) is 93.7 cm³/mol. The highest BCUT2D eigenvalue weighted by molar-refractivity contribution is 5.96. The molecule has 1 aromatic heterocycles. The fourth-order valence-corrected chi connectivity index (χ4v) is 3.00. The van der Waals surface area contributed by atoms with Crippen molar-refractivity contribution in [3.05, 3.63) is 41.5 Å². The zero-order valence-corrected chi connectivity index (χ0v) is 14.8. The van der Waals surface area contributed by atoms with Crippen molar-refractivity contribution in [2.24, 2.45) is 11.8 Å². The Labute approximate surface area is 151 Å². The number of likely N-dealkylation sites (tertiary alicyclic amines) is 1. The topological polar surface area (TPSA) is 91.0 Å². The second-order valence-electron chi connectivity index (χ2n) is 6.99. The molecule has 0 bridgehead atoms. The monoisotopic (exact) mass is 359 g/mol. The fraction of sp³-hybridized carbons (Fsp3) is 0.444. The lowest BCUT2D eigenvalue weighted by Gasteiger charge is -2.18. The number of hydrogen-bond acceptors (Lipinski definition) is 4. The number of nitrogens with zero attached hydrogens (tertiary/aromatic N) is 3. The third kappa shape index (κ3) is 4.44. The summed E-state index contributed by atoms with van der Waals surface area (Å²) in [5, 5.41) is 9.41. The summed E-state index contributed by atoms with van der Waals surface area (Å²) in [6.45, 7) is 5.16. The maximum Gasteiger partial charge on any atom is 0.248 e. The van der Waals surface area contributed by atoms with Crippen molar-refractivity contribution in [2.75, 3.05) is 18.4 Å². The number of aromatic nitrogens is 3. The van der Waals surface area contributed by atoms with Crippen LogP contribution >= 0.6 is 0 Å². The molecule has 2 heterocycles. The van der Waals surface area contributed by atoms with E-state index >= 15 is 0 Å². The largest absolute Gasteiger partial charge is 0.342 e. The Bertz CT molecular complexity index is 787. The third-order valence-corrected chi connectivity index (χ3v) is 4.22. The van der Waals surface area contributed by atoms with Gasteiger partial charge in [0.15, 0.2) is 0 Å². The number of H-pyrrole nitrogens is 1. The van der Waals surface area contributed by atoms with Gasteiger partial charge in [0.25, 0.3) is 0 Å². The van der Waals surface area contributed by atoms with Crippen molar-refractivity contribution in [3.63, 3.8) is 0 Å². The molecule has 1 aromatic carbocycles. The summed E-state index contributed by atoms with van der Waals surface area (Å²) < 4.78 is 12.9. The van der Waals surface area contributed by atoms with Crippen molar-refractivity contribution in [2.45, 2.75) is 26.7 Å². The molecule has 2 amide bonds. The molecule has 8 heteroatoms. The van der Waals surface area contributed by atoms with E-state index in [0.29, 0.717) is 31.3 Å². The SMILES string of the molecule is CC(C)CN1CC(C(=O)Nc2n[nH]c(Cc3ccc(F)cc3)n2)CC1=O. The van der Waals surface area contributed by atoms with Crippen LogP contribution in [0.5, 0.6) is 0 Å². The maximum absolute atomic E-state index is 12.9. The van der Waals surface area contributed by atoms with Gasteiger partial charge in [-0.25, -0.2) is 4.39 Å². The maximum atomic E-state index is 12.9. The van der Waals surface area contributed by atoms with Crippen LogP contribution in [0.1, 0.15) is 31.7 Å². The van der Waals surface area contributed by atoms with Crippen molar-refractivity contribution < 1.29 is 14.0 Å². The fourth-order valence-electron chi connectivity index (χ4n) is 3.00. The van der Waals surface area contributed by atoms with E-state index in [4.69, 9.17) is 0 Å². The van der Waals surface area contributed by atoms with Crippen LogP contribution in [0.25, 0.3) is 0 Å². The third-order valence-electron chi connectivity index (χ3n) is 4.22. The van der Waals surface area contributed by atoms with Crippen LogP contribution in [-0.4, -0.2) is 45.0 Å². The average Bonchev–Trinajstić information content (AvgIpc) is 3.16. The molecule has 7 nitrogen and oxygen atoms in total. The smallest absolute Gasteiger partial charge is 0.248 e. The Hall–Kier alpha value is -2.77. The van der Waals surface area contributed by atoms with Gasteiger partial charge in [-0.2, -0.15) is 4.98 Å². The van der Waals surface area contributed by atoms with Crippen LogP contribution in [0.4, 0.5) is 10.3 Å². The Morgan fingerprint density at radius 1 is 1.38 bits per heavy atom. The molecular weight excluding hydrogens is 337 g/mol. The van der Waals surface area contributed by atoms with Crippen LogP contribution in [0, 0.1) is 17.7 Å². The van der Waals surface area contributed by atoms with Gasteiger partial charge in [0.2, 0.25) is 17.8 Å². The molecule has 0 spiro atoms. The van der Waals surface area contributed by atoms with Crippen LogP contribution in [-0.2, 0) is 16.0 Å². The summed E-state index contributed by atoms with van der Waals surface area (Å²) in [4.78, 5) is 30.3. The second kappa shape index (κ2) is 7.63. The van der Waals surface area contributed by atoms with Crippen LogP contribution in [0.3, 0.4) is 0 Å². The van der Waals surface area contributed by atoms with Gasteiger partial charge in [-0.05, 0) is 23.6 Å². The van der Waals surface area contributed by atoms with E-state index in [1.54, 1.807) is 17.0 Å². The predicted octanol–water partition coefficient (Wildman–Crippen LogP) is 1.98. The Morgan fingerprint density at radius 2 is 2.12 bits per heavy atom. The van der Waals surface area contributed by atoms with Crippen molar-refractivity contribution in [1.29, 1.82) is 0 Å². The Morgan fingerprint density at radius 3 is 2.81 bits per heavy atom. The van der Waals surface area contributed by atoms with E-state index < -0.39 is 0 Å². The van der Waals surface area contributed by atoms with Crippen molar-refractivity contribution >= 4 is 17.8 Å². The number of amides is 2. The summed E-state index contributed by atoms with van der Waals surface area (Å²) in [5.41, 5.74) is 0.881. The molecule has 2 aromatic rings. The number of carbonyl (C=O) groups is 2. The highest BCUT2D eigenvalue weighted by atomic mass is 19.1. The zero-order valence-electron chi connectivity index (χ0n) is 14.8. The first kappa shape index (κ1) is 18.0. The molecule has 3 rings (SSSR count). The first-order valence-electron chi connectivity index (χ1n) is 8.65. The summed E-state index contributed by atoms with van der Waals surface area (Å²) in [6.07, 6.45) is 0.665. The second-order valence-corrected chi connectivity index (χ2v) is 6.99.